The van der Waals surface area contributed by atoms with Crippen molar-refractivity contribution in [3.05, 3.63) is 34.3 Å². The van der Waals surface area contributed by atoms with E-state index < -0.39 is 0 Å². The topological polar surface area (TPSA) is 12.0 Å². The Labute approximate surface area is 97.8 Å². The van der Waals surface area contributed by atoms with Crippen molar-refractivity contribution < 1.29 is 0 Å². The molecule has 0 spiro atoms. The van der Waals surface area contributed by atoms with Crippen molar-refractivity contribution >= 4 is 27.7 Å². The van der Waals surface area contributed by atoms with Gasteiger partial charge in [-0.15, -0.1) is 11.8 Å². The highest BCUT2D eigenvalue weighted by Crippen LogP contribution is 2.36. The van der Waals surface area contributed by atoms with Gasteiger partial charge in [-0.3, -0.25) is 5.32 Å². The van der Waals surface area contributed by atoms with Crippen LogP contribution in [0.3, 0.4) is 0 Å². The van der Waals surface area contributed by atoms with E-state index in [4.69, 9.17) is 0 Å². The first-order valence-electron chi connectivity index (χ1n) is 4.93. The summed E-state index contributed by atoms with van der Waals surface area (Å²) in [5.74, 6) is 1.22. The van der Waals surface area contributed by atoms with Crippen LogP contribution in [0.15, 0.2) is 28.7 Å². The number of benzene rings is 1. The molecular formula is C11H14BrNS. The minimum Gasteiger partial charge on any atom is -0.298 e. The second kappa shape index (κ2) is 4.69. The molecular weight excluding hydrogens is 258 g/mol. The van der Waals surface area contributed by atoms with Crippen molar-refractivity contribution in [2.24, 2.45) is 0 Å². The van der Waals surface area contributed by atoms with Gasteiger partial charge in [0.2, 0.25) is 0 Å². The number of rotatable bonds is 2. The monoisotopic (exact) mass is 271 g/mol. The lowest BCUT2D eigenvalue weighted by atomic mass is 10.2. The van der Waals surface area contributed by atoms with E-state index >= 15 is 0 Å². The lowest BCUT2D eigenvalue weighted by Crippen LogP contribution is -2.24. The fourth-order valence-electron chi connectivity index (χ4n) is 1.63. The van der Waals surface area contributed by atoms with Gasteiger partial charge in [0.25, 0.3) is 0 Å². The Hall–Kier alpha value is 0.01000. The molecule has 0 radical (unpaired) electrons. The number of nitrogens with one attached hydrogen (secondary N) is 1. The largest absolute Gasteiger partial charge is 0.298 e. The molecule has 76 valence electrons. The first kappa shape index (κ1) is 10.5. The number of hydrogen-bond acceptors (Lipinski definition) is 2. The van der Waals surface area contributed by atoms with Gasteiger partial charge in [0.05, 0.1) is 5.37 Å². The highest BCUT2D eigenvalue weighted by molar-refractivity contribution is 9.10. The van der Waals surface area contributed by atoms with Crippen molar-refractivity contribution in [3.8, 4) is 0 Å². The summed E-state index contributed by atoms with van der Waals surface area (Å²) in [6, 6.07) is 9.13. The molecule has 0 bridgehead atoms. The molecule has 1 aliphatic rings. The molecule has 2 atom stereocenters. The molecule has 0 aromatic heterocycles. The van der Waals surface area contributed by atoms with E-state index in [1.165, 1.54) is 22.2 Å². The Morgan fingerprint density at radius 2 is 2.29 bits per heavy atom. The average molecular weight is 272 g/mol. The van der Waals surface area contributed by atoms with E-state index in [0.29, 0.717) is 11.4 Å². The zero-order valence-corrected chi connectivity index (χ0v) is 10.6. The van der Waals surface area contributed by atoms with Gasteiger partial charge in [-0.2, -0.15) is 0 Å². The van der Waals surface area contributed by atoms with Gasteiger partial charge in [-0.25, -0.2) is 0 Å². The number of thioether (sulfide) groups is 1. The van der Waals surface area contributed by atoms with Gasteiger partial charge in [0, 0.05) is 16.3 Å². The summed E-state index contributed by atoms with van der Waals surface area (Å²) in [5.41, 5.74) is 1.37. The second-order valence-corrected chi connectivity index (χ2v) is 5.50. The van der Waals surface area contributed by atoms with Crippen LogP contribution in [-0.4, -0.2) is 11.8 Å². The predicted molar refractivity (Wildman–Crippen MR) is 66.6 cm³/mol. The maximum Gasteiger partial charge on any atom is 0.0803 e. The third kappa shape index (κ3) is 2.15. The lowest BCUT2D eigenvalue weighted by molar-refractivity contribution is 0.560. The van der Waals surface area contributed by atoms with E-state index in [2.05, 4.69) is 52.4 Å². The SMILES string of the molecule is CCC1CSC(c2ccccc2Br)N1. The maximum absolute atomic E-state index is 3.63. The van der Waals surface area contributed by atoms with Crippen molar-refractivity contribution in [3.63, 3.8) is 0 Å². The molecule has 1 nitrogen and oxygen atoms in total. The fourth-order valence-corrected chi connectivity index (χ4v) is 3.72. The summed E-state index contributed by atoms with van der Waals surface area (Å²) >= 11 is 5.60. The minimum atomic E-state index is 0.468. The van der Waals surface area contributed by atoms with Crippen LogP contribution in [0, 0.1) is 0 Å². The van der Waals surface area contributed by atoms with E-state index in [9.17, 15) is 0 Å². The van der Waals surface area contributed by atoms with Gasteiger partial charge in [0.15, 0.2) is 0 Å². The number of hydrogen-bond donors (Lipinski definition) is 1. The van der Waals surface area contributed by atoms with Crippen molar-refractivity contribution in [1.82, 2.24) is 5.32 Å². The quantitative estimate of drug-likeness (QED) is 0.883. The van der Waals surface area contributed by atoms with E-state index in [1.807, 2.05) is 11.8 Å². The Bertz CT molecular complexity index is 316. The smallest absolute Gasteiger partial charge is 0.0803 e. The highest BCUT2D eigenvalue weighted by atomic mass is 79.9. The third-order valence-electron chi connectivity index (χ3n) is 2.53. The fraction of sp³-hybridized carbons (Fsp3) is 0.455. The van der Waals surface area contributed by atoms with Crippen molar-refractivity contribution in [2.75, 3.05) is 5.75 Å². The summed E-state index contributed by atoms with van der Waals surface area (Å²) in [7, 11) is 0. The molecule has 0 saturated carbocycles. The Morgan fingerprint density at radius 1 is 1.50 bits per heavy atom. The van der Waals surface area contributed by atoms with Gasteiger partial charge >= 0.3 is 0 Å². The average Bonchev–Trinajstić information content (AvgIpc) is 2.67. The first-order valence-corrected chi connectivity index (χ1v) is 6.77. The first-order chi connectivity index (χ1) is 6.81. The predicted octanol–water partition coefficient (Wildman–Crippen LogP) is 3.56. The standard InChI is InChI=1S/C11H14BrNS/c1-2-8-7-14-11(13-8)9-5-3-4-6-10(9)12/h3-6,8,11,13H,2,7H2,1H3. The maximum atomic E-state index is 3.63. The van der Waals surface area contributed by atoms with E-state index in [1.54, 1.807) is 0 Å². The molecule has 1 aromatic rings. The summed E-state index contributed by atoms with van der Waals surface area (Å²) in [5, 5.41) is 4.10. The Balaban J connectivity index is 2.13. The summed E-state index contributed by atoms with van der Waals surface area (Å²) in [4.78, 5) is 0. The number of halogens is 1. The van der Waals surface area contributed by atoms with Crippen LogP contribution in [0.25, 0.3) is 0 Å². The van der Waals surface area contributed by atoms with Crippen molar-refractivity contribution in [2.45, 2.75) is 24.8 Å². The normalized spacial score (nSPS) is 26.7. The zero-order chi connectivity index (χ0) is 9.97. The molecule has 1 aromatic carbocycles. The molecule has 3 heteroatoms. The molecule has 0 amide bonds. The van der Waals surface area contributed by atoms with E-state index in [0.717, 1.165) is 0 Å². The molecule has 2 rings (SSSR count). The lowest BCUT2D eigenvalue weighted by Gasteiger charge is -2.13. The van der Waals surface area contributed by atoms with Crippen molar-refractivity contribution in [1.29, 1.82) is 0 Å². The van der Waals surface area contributed by atoms with Crippen LogP contribution in [0.1, 0.15) is 24.3 Å². The molecule has 2 unspecified atom stereocenters. The van der Waals surface area contributed by atoms with Gasteiger partial charge in [-0.05, 0) is 18.1 Å². The van der Waals surface area contributed by atoms with Gasteiger partial charge < -0.3 is 0 Å². The van der Waals surface area contributed by atoms with Gasteiger partial charge in [0.1, 0.15) is 0 Å². The van der Waals surface area contributed by atoms with Crippen LogP contribution in [0.4, 0.5) is 0 Å². The van der Waals surface area contributed by atoms with Crippen LogP contribution < -0.4 is 5.32 Å². The highest BCUT2D eigenvalue weighted by Gasteiger charge is 2.25. The Morgan fingerprint density at radius 3 is 2.93 bits per heavy atom. The summed E-state index contributed by atoms with van der Waals surface area (Å²) < 4.78 is 1.21. The molecule has 1 N–H and O–H groups in total. The van der Waals surface area contributed by atoms with E-state index in [-0.39, 0.29) is 0 Å². The summed E-state index contributed by atoms with van der Waals surface area (Å²) in [6.45, 7) is 2.24. The van der Waals surface area contributed by atoms with Crippen LogP contribution >= 0.6 is 27.7 Å². The minimum absolute atomic E-state index is 0.468. The zero-order valence-electron chi connectivity index (χ0n) is 8.16. The third-order valence-corrected chi connectivity index (χ3v) is 4.57. The van der Waals surface area contributed by atoms with Crippen LogP contribution in [-0.2, 0) is 0 Å². The van der Waals surface area contributed by atoms with Crippen LogP contribution in [0.2, 0.25) is 0 Å². The molecule has 1 fully saturated rings. The molecule has 14 heavy (non-hydrogen) atoms. The molecule has 0 aliphatic carbocycles. The molecule has 1 heterocycles. The molecule has 1 aliphatic heterocycles. The van der Waals surface area contributed by atoms with Crippen LogP contribution in [0.5, 0.6) is 0 Å². The molecule has 1 saturated heterocycles. The summed E-state index contributed by atoms with van der Waals surface area (Å²) in [6.07, 6.45) is 1.22. The second-order valence-electron chi connectivity index (χ2n) is 3.51. The van der Waals surface area contributed by atoms with Gasteiger partial charge in [-0.1, -0.05) is 41.1 Å². The Kier molecular flexibility index (Phi) is 3.52.